The zero-order chi connectivity index (χ0) is 24.4. The molecular formula is C29H47N3O2. The molecule has 0 radical (unpaired) electrons. The number of aliphatic hydroxyl groups excluding tert-OH is 2. The summed E-state index contributed by atoms with van der Waals surface area (Å²) in [6.45, 7) is 12.1. The second kappa shape index (κ2) is 8.73. The van der Waals surface area contributed by atoms with Crippen LogP contribution in [0.1, 0.15) is 90.8 Å². The Balaban J connectivity index is 1.41. The molecule has 3 fully saturated rings. The van der Waals surface area contributed by atoms with E-state index in [4.69, 9.17) is 5.73 Å². The summed E-state index contributed by atoms with van der Waals surface area (Å²) in [5.74, 6) is 3.74. The number of aliphatic hydroxyl groups is 2. The smallest absolute Gasteiger partial charge is 0.220 e. The maximum Gasteiger partial charge on any atom is 0.220 e. The molecule has 1 aromatic heterocycles. The number of rotatable bonds is 5. The van der Waals surface area contributed by atoms with Gasteiger partial charge in [-0.15, -0.1) is 0 Å². The van der Waals surface area contributed by atoms with E-state index < -0.39 is 12.2 Å². The van der Waals surface area contributed by atoms with Gasteiger partial charge in [0.2, 0.25) is 5.95 Å². The number of fused-ring (bicyclic) bond motifs is 6. The second-order valence-corrected chi connectivity index (χ2v) is 13.5. The Morgan fingerprint density at radius 2 is 1.74 bits per heavy atom. The topological polar surface area (TPSA) is 92.3 Å². The van der Waals surface area contributed by atoms with Gasteiger partial charge < -0.3 is 15.9 Å². The molecule has 0 spiro atoms. The molecule has 0 aliphatic heterocycles. The third kappa shape index (κ3) is 3.72. The zero-order valence-corrected chi connectivity index (χ0v) is 22.0. The molecule has 5 nitrogen and oxygen atoms in total. The van der Waals surface area contributed by atoms with E-state index in [1.54, 1.807) is 0 Å². The molecule has 1 aromatic rings. The van der Waals surface area contributed by atoms with Crippen LogP contribution in [0, 0.1) is 52.3 Å². The number of nitrogens with two attached hydrogens (primary N) is 1. The highest BCUT2D eigenvalue weighted by atomic mass is 16.3. The van der Waals surface area contributed by atoms with Gasteiger partial charge >= 0.3 is 0 Å². The van der Waals surface area contributed by atoms with Gasteiger partial charge in [0, 0.05) is 11.9 Å². The molecule has 10 atom stereocenters. The SMILES string of the molecule is CC(C)CCC[C@@H](C)[C@H]1CC[C@H]2[C@@H]3[C@@H](O)[C@H](O)[C@H]4Cc5nc(N)ncc5C[C@]4(C)[C@H]3CC[C@]12C. The lowest BCUT2D eigenvalue weighted by atomic mass is 9.43. The Labute approximate surface area is 206 Å². The van der Waals surface area contributed by atoms with Crippen LogP contribution in [-0.2, 0) is 12.8 Å². The number of nitrogen functional groups attached to an aromatic ring is 1. The molecule has 0 aromatic carbocycles. The number of nitrogens with zero attached hydrogens (tertiary/aromatic N) is 2. The molecule has 3 saturated carbocycles. The maximum absolute atomic E-state index is 11.6. The van der Waals surface area contributed by atoms with Crippen LogP contribution in [0.25, 0.3) is 0 Å². The third-order valence-corrected chi connectivity index (χ3v) is 11.3. The molecular weight excluding hydrogens is 422 g/mol. The van der Waals surface area contributed by atoms with Crippen LogP contribution in [0.2, 0.25) is 0 Å². The molecule has 4 aliphatic rings. The molecule has 4 aliphatic carbocycles. The van der Waals surface area contributed by atoms with Crippen LogP contribution in [0.5, 0.6) is 0 Å². The van der Waals surface area contributed by atoms with Gasteiger partial charge in [0.1, 0.15) is 0 Å². The summed E-state index contributed by atoms with van der Waals surface area (Å²) in [5, 5.41) is 23.1. The fourth-order valence-electron chi connectivity index (χ4n) is 9.61. The minimum atomic E-state index is -0.694. The first kappa shape index (κ1) is 24.5. The lowest BCUT2D eigenvalue weighted by Crippen LogP contribution is -2.64. The summed E-state index contributed by atoms with van der Waals surface area (Å²) in [5.41, 5.74) is 8.28. The van der Waals surface area contributed by atoms with Crippen molar-refractivity contribution in [3.05, 3.63) is 17.5 Å². The number of aromatic nitrogens is 2. The van der Waals surface area contributed by atoms with Gasteiger partial charge in [-0.1, -0.05) is 53.9 Å². The van der Waals surface area contributed by atoms with E-state index in [1.807, 2.05) is 6.20 Å². The third-order valence-electron chi connectivity index (χ3n) is 11.3. The Hall–Kier alpha value is -1.20. The summed E-state index contributed by atoms with van der Waals surface area (Å²) >= 11 is 0. The molecule has 34 heavy (non-hydrogen) atoms. The average Bonchev–Trinajstić information content (AvgIpc) is 3.13. The van der Waals surface area contributed by atoms with Gasteiger partial charge in [-0.3, -0.25) is 0 Å². The number of hydrogen-bond donors (Lipinski definition) is 3. The first-order valence-corrected chi connectivity index (χ1v) is 14.0. The fourth-order valence-corrected chi connectivity index (χ4v) is 9.61. The van der Waals surface area contributed by atoms with Crippen LogP contribution in [0.3, 0.4) is 0 Å². The van der Waals surface area contributed by atoms with E-state index in [0.29, 0.717) is 24.2 Å². The van der Waals surface area contributed by atoms with Gasteiger partial charge in [-0.25, -0.2) is 9.97 Å². The van der Waals surface area contributed by atoms with Gasteiger partial charge in [-0.2, -0.15) is 0 Å². The lowest BCUT2D eigenvalue weighted by molar-refractivity contribution is -0.208. The van der Waals surface area contributed by atoms with Crippen LogP contribution in [-0.4, -0.2) is 32.4 Å². The van der Waals surface area contributed by atoms with Crippen molar-refractivity contribution in [2.45, 2.75) is 105 Å². The van der Waals surface area contributed by atoms with Crippen molar-refractivity contribution < 1.29 is 10.2 Å². The summed E-state index contributed by atoms with van der Waals surface area (Å²) in [7, 11) is 0. The molecule has 0 bridgehead atoms. The largest absolute Gasteiger partial charge is 0.390 e. The normalized spacial score (nSPS) is 44.2. The van der Waals surface area contributed by atoms with Crippen LogP contribution in [0.15, 0.2) is 6.20 Å². The molecule has 0 amide bonds. The van der Waals surface area contributed by atoms with E-state index in [0.717, 1.165) is 36.3 Å². The Bertz CT molecular complexity index is 905. The van der Waals surface area contributed by atoms with Crippen LogP contribution in [0.4, 0.5) is 5.95 Å². The van der Waals surface area contributed by atoms with Crippen molar-refractivity contribution in [1.29, 1.82) is 0 Å². The molecule has 190 valence electrons. The molecule has 4 N–H and O–H groups in total. The molecule has 5 rings (SSSR count). The summed E-state index contributed by atoms with van der Waals surface area (Å²) < 4.78 is 0. The van der Waals surface area contributed by atoms with Gasteiger partial charge in [0.05, 0.1) is 12.2 Å². The molecule has 5 heteroatoms. The summed E-state index contributed by atoms with van der Waals surface area (Å²) in [6.07, 6.45) is 11.0. The monoisotopic (exact) mass is 469 g/mol. The summed E-state index contributed by atoms with van der Waals surface area (Å²) in [4.78, 5) is 8.78. The lowest BCUT2D eigenvalue weighted by Gasteiger charge is -2.63. The highest BCUT2D eigenvalue weighted by Gasteiger charge is 2.65. The highest BCUT2D eigenvalue weighted by molar-refractivity contribution is 5.31. The Morgan fingerprint density at radius 3 is 2.47 bits per heavy atom. The van der Waals surface area contributed by atoms with Crippen molar-refractivity contribution in [2.24, 2.45) is 52.3 Å². The van der Waals surface area contributed by atoms with Crippen molar-refractivity contribution in [1.82, 2.24) is 9.97 Å². The second-order valence-electron chi connectivity index (χ2n) is 13.5. The first-order valence-electron chi connectivity index (χ1n) is 14.0. The number of hydrogen-bond acceptors (Lipinski definition) is 5. The Morgan fingerprint density at radius 1 is 1.00 bits per heavy atom. The van der Waals surface area contributed by atoms with Gasteiger partial charge in [-0.05, 0) is 96.3 Å². The minimum absolute atomic E-state index is 0.0297. The highest BCUT2D eigenvalue weighted by Crippen LogP contribution is 2.67. The zero-order valence-electron chi connectivity index (χ0n) is 22.0. The van der Waals surface area contributed by atoms with E-state index in [1.165, 1.54) is 44.1 Å². The van der Waals surface area contributed by atoms with Gasteiger partial charge in [0.15, 0.2) is 0 Å². The molecule has 0 saturated heterocycles. The number of anilines is 1. The van der Waals surface area contributed by atoms with E-state index in [9.17, 15) is 10.2 Å². The maximum atomic E-state index is 11.6. The fraction of sp³-hybridized carbons (Fsp3) is 0.862. The standard InChI is InChI=1S/C29H47N3O2/c1-16(2)7-6-8-17(3)19-9-10-20-24-21(11-12-28(19,20)4)29(5)14-18-15-31-27(30)32-23(18)13-22(29)25(33)26(24)34/h15-17,19-22,24-26,33-34H,6-14H2,1-5H3,(H2,30,31,32)/t17-,19-,20+,21+,22-,24+,25-,26-,28-,29-/m1/s1. The molecule has 1 heterocycles. The van der Waals surface area contributed by atoms with Crippen molar-refractivity contribution in [3.63, 3.8) is 0 Å². The summed E-state index contributed by atoms with van der Waals surface area (Å²) in [6, 6.07) is 0. The predicted molar refractivity (Wildman–Crippen MR) is 136 cm³/mol. The van der Waals surface area contributed by atoms with Crippen molar-refractivity contribution >= 4 is 5.95 Å². The van der Waals surface area contributed by atoms with Crippen molar-refractivity contribution in [3.8, 4) is 0 Å². The molecule has 0 unspecified atom stereocenters. The van der Waals surface area contributed by atoms with E-state index >= 15 is 0 Å². The first-order chi connectivity index (χ1) is 16.1. The van der Waals surface area contributed by atoms with Gasteiger partial charge in [0.25, 0.3) is 0 Å². The Kier molecular flexibility index (Phi) is 6.29. The predicted octanol–water partition coefficient (Wildman–Crippen LogP) is 5.04. The van der Waals surface area contributed by atoms with E-state index in [-0.39, 0.29) is 22.7 Å². The van der Waals surface area contributed by atoms with Crippen LogP contribution < -0.4 is 5.73 Å². The minimum Gasteiger partial charge on any atom is -0.390 e. The van der Waals surface area contributed by atoms with Crippen LogP contribution >= 0.6 is 0 Å². The average molecular weight is 470 g/mol. The van der Waals surface area contributed by atoms with Crippen molar-refractivity contribution in [2.75, 3.05) is 5.73 Å². The quantitative estimate of drug-likeness (QED) is 0.562. The van der Waals surface area contributed by atoms with E-state index in [2.05, 4.69) is 44.6 Å².